The lowest BCUT2D eigenvalue weighted by molar-refractivity contribution is -0.140. The van der Waals surface area contributed by atoms with Crippen LogP contribution >= 0.6 is 22.6 Å². The smallest absolute Gasteiger partial charge is 0.264 e. The minimum atomic E-state index is -4.12. The second-order valence-corrected chi connectivity index (χ2v) is 14.9. The summed E-state index contributed by atoms with van der Waals surface area (Å²) in [5.74, 6) is -0.676. The predicted octanol–water partition coefficient (Wildman–Crippen LogP) is 6.88. The van der Waals surface area contributed by atoms with Crippen LogP contribution in [0, 0.1) is 10.5 Å². The molecule has 0 heterocycles. The Labute approximate surface area is 286 Å². The fourth-order valence-electron chi connectivity index (χ4n) is 5.93. The molecule has 0 spiro atoms. The minimum Gasteiger partial charge on any atom is -0.352 e. The molecule has 1 fully saturated rings. The van der Waals surface area contributed by atoms with Crippen molar-refractivity contribution in [2.45, 2.75) is 69.0 Å². The lowest BCUT2D eigenvalue weighted by Gasteiger charge is -2.35. The molecule has 1 aliphatic carbocycles. The molecule has 240 valence electrons. The van der Waals surface area contributed by atoms with Crippen molar-refractivity contribution in [3.05, 3.63) is 129 Å². The predicted molar refractivity (Wildman–Crippen MR) is 191 cm³/mol. The Kier molecular flexibility index (Phi) is 11.5. The number of carbonyl (C=O) groups excluding carboxylic acids is 2. The van der Waals surface area contributed by atoms with Crippen LogP contribution in [0.5, 0.6) is 0 Å². The molecular formula is C37H40IN3O4S. The van der Waals surface area contributed by atoms with Gasteiger partial charge in [0.05, 0.1) is 10.6 Å². The molecule has 2 amide bonds. The number of aryl methyl sites for hydroxylation is 1. The summed E-state index contributed by atoms with van der Waals surface area (Å²) in [6, 6.07) is 31.8. The Morgan fingerprint density at radius 1 is 0.826 bits per heavy atom. The summed E-state index contributed by atoms with van der Waals surface area (Å²) >= 11 is 2.17. The number of carbonyl (C=O) groups is 2. The molecule has 0 radical (unpaired) electrons. The second kappa shape index (κ2) is 15.7. The zero-order valence-electron chi connectivity index (χ0n) is 26.0. The van der Waals surface area contributed by atoms with Gasteiger partial charge in [-0.3, -0.25) is 13.9 Å². The summed E-state index contributed by atoms with van der Waals surface area (Å²) in [6.07, 6.45) is 5.38. The van der Waals surface area contributed by atoms with Crippen LogP contribution in [0.25, 0.3) is 0 Å². The lowest BCUT2D eigenvalue weighted by atomic mass is 9.94. The Morgan fingerprint density at radius 3 is 2.09 bits per heavy atom. The first-order chi connectivity index (χ1) is 22.2. The number of hydrogen-bond donors (Lipinski definition) is 1. The van der Waals surface area contributed by atoms with E-state index in [0.717, 1.165) is 56.7 Å². The van der Waals surface area contributed by atoms with Gasteiger partial charge in [-0.05, 0) is 95.4 Å². The van der Waals surface area contributed by atoms with Crippen LogP contribution in [-0.2, 0) is 32.6 Å². The molecule has 7 nitrogen and oxygen atoms in total. The van der Waals surface area contributed by atoms with Crippen molar-refractivity contribution in [3.63, 3.8) is 0 Å². The second-order valence-electron chi connectivity index (χ2n) is 11.8. The molecule has 1 aliphatic rings. The van der Waals surface area contributed by atoms with Gasteiger partial charge in [0.1, 0.15) is 12.6 Å². The van der Waals surface area contributed by atoms with E-state index in [9.17, 15) is 18.0 Å². The lowest BCUT2D eigenvalue weighted by Crippen LogP contribution is -2.55. The van der Waals surface area contributed by atoms with E-state index in [1.54, 1.807) is 35.2 Å². The highest BCUT2D eigenvalue weighted by molar-refractivity contribution is 14.1. The molecule has 0 aromatic heterocycles. The van der Waals surface area contributed by atoms with E-state index in [1.807, 2.05) is 73.7 Å². The van der Waals surface area contributed by atoms with Crippen LogP contribution in [0.1, 0.15) is 48.8 Å². The molecule has 4 aromatic rings. The standard InChI is InChI=1S/C37H40IN3O4S/c1-28-13-11-12-16-30(28)26-40(35(25-29-14-5-2-6-15-29)37(43)39-32-17-7-3-8-18-32)36(42)27-41(33-23-21-31(38)22-24-33)46(44,45)34-19-9-4-10-20-34/h2,4-6,9-16,19-24,32,35H,3,7-8,17-18,25-27H2,1H3,(H,39,43)/t35-/m0/s1. The van der Waals surface area contributed by atoms with E-state index in [1.165, 1.54) is 12.1 Å². The van der Waals surface area contributed by atoms with Crippen molar-refractivity contribution < 1.29 is 18.0 Å². The van der Waals surface area contributed by atoms with Gasteiger partial charge < -0.3 is 10.2 Å². The van der Waals surface area contributed by atoms with E-state index >= 15 is 0 Å². The van der Waals surface area contributed by atoms with E-state index in [2.05, 4.69) is 27.9 Å². The van der Waals surface area contributed by atoms with Crippen molar-refractivity contribution >= 4 is 50.1 Å². The molecular weight excluding hydrogens is 709 g/mol. The highest BCUT2D eigenvalue weighted by atomic mass is 127. The highest BCUT2D eigenvalue weighted by Gasteiger charge is 2.35. The van der Waals surface area contributed by atoms with E-state index in [0.29, 0.717) is 12.1 Å². The number of nitrogens with zero attached hydrogens (tertiary/aromatic N) is 2. The average molecular weight is 750 g/mol. The number of anilines is 1. The molecule has 1 saturated carbocycles. The third-order valence-corrected chi connectivity index (χ3v) is 11.1. The average Bonchev–Trinajstić information content (AvgIpc) is 3.07. The summed E-state index contributed by atoms with van der Waals surface area (Å²) in [5.41, 5.74) is 3.17. The number of halogens is 1. The van der Waals surface area contributed by atoms with Gasteiger partial charge >= 0.3 is 0 Å². The normalized spacial score (nSPS) is 14.3. The van der Waals surface area contributed by atoms with Gasteiger partial charge in [0, 0.05) is 22.6 Å². The molecule has 1 N–H and O–H groups in total. The summed E-state index contributed by atoms with van der Waals surface area (Å²) in [5, 5.41) is 3.26. The monoisotopic (exact) mass is 749 g/mol. The first-order valence-corrected chi connectivity index (χ1v) is 18.3. The van der Waals surface area contributed by atoms with Gasteiger partial charge in [0.2, 0.25) is 11.8 Å². The summed E-state index contributed by atoms with van der Waals surface area (Å²) < 4.78 is 30.3. The van der Waals surface area contributed by atoms with Crippen molar-refractivity contribution in [2.24, 2.45) is 0 Å². The Balaban J connectivity index is 1.56. The maximum atomic E-state index is 14.7. The van der Waals surface area contributed by atoms with E-state index < -0.39 is 28.5 Å². The number of sulfonamides is 1. The van der Waals surface area contributed by atoms with Crippen molar-refractivity contribution in [1.29, 1.82) is 0 Å². The number of nitrogens with one attached hydrogen (secondary N) is 1. The minimum absolute atomic E-state index is 0.0525. The van der Waals surface area contributed by atoms with Crippen molar-refractivity contribution in [1.82, 2.24) is 10.2 Å². The van der Waals surface area contributed by atoms with Gasteiger partial charge in [-0.2, -0.15) is 0 Å². The highest BCUT2D eigenvalue weighted by Crippen LogP contribution is 2.26. The fraction of sp³-hybridized carbons (Fsp3) is 0.297. The van der Waals surface area contributed by atoms with Crippen LogP contribution in [0.3, 0.4) is 0 Å². The summed E-state index contributed by atoms with van der Waals surface area (Å²) in [4.78, 5) is 30.5. The Morgan fingerprint density at radius 2 is 1.43 bits per heavy atom. The van der Waals surface area contributed by atoms with Gasteiger partial charge in [0.15, 0.2) is 0 Å². The molecule has 4 aromatic carbocycles. The maximum absolute atomic E-state index is 14.7. The topological polar surface area (TPSA) is 86.8 Å². The third-order valence-electron chi connectivity index (χ3n) is 8.55. The number of benzene rings is 4. The SMILES string of the molecule is Cc1ccccc1CN(C(=O)CN(c1ccc(I)cc1)S(=O)(=O)c1ccccc1)[C@@H](Cc1ccccc1)C(=O)NC1CCCCC1. The molecule has 0 saturated heterocycles. The summed E-state index contributed by atoms with van der Waals surface area (Å²) in [6.45, 7) is 1.67. The molecule has 5 rings (SSSR count). The molecule has 1 atom stereocenters. The van der Waals surface area contributed by atoms with Crippen LogP contribution in [-0.4, -0.2) is 43.8 Å². The molecule has 0 bridgehead atoms. The molecule has 46 heavy (non-hydrogen) atoms. The quantitative estimate of drug-likeness (QED) is 0.160. The Hall–Kier alpha value is -3.70. The zero-order chi connectivity index (χ0) is 32.5. The summed E-state index contributed by atoms with van der Waals surface area (Å²) in [7, 11) is -4.12. The van der Waals surface area contributed by atoms with Crippen LogP contribution in [0.4, 0.5) is 5.69 Å². The Bertz CT molecular complexity index is 1710. The van der Waals surface area contributed by atoms with Gasteiger partial charge in [-0.25, -0.2) is 8.42 Å². The molecule has 9 heteroatoms. The van der Waals surface area contributed by atoms with Gasteiger partial charge in [-0.15, -0.1) is 0 Å². The first-order valence-electron chi connectivity index (χ1n) is 15.7. The largest absolute Gasteiger partial charge is 0.352 e. The molecule has 0 aliphatic heterocycles. The number of hydrogen-bond acceptors (Lipinski definition) is 4. The first kappa shape index (κ1) is 33.7. The van der Waals surface area contributed by atoms with Crippen LogP contribution < -0.4 is 9.62 Å². The fourth-order valence-corrected chi connectivity index (χ4v) is 7.72. The van der Waals surface area contributed by atoms with Crippen LogP contribution in [0.2, 0.25) is 0 Å². The van der Waals surface area contributed by atoms with Gasteiger partial charge in [-0.1, -0.05) is 92.1 Å². The van der Waals surface area contributed by atoms with E-state index in [-0.39, 0.29) is 23.4 Å². The molecule has 0 unspecified atom stereocenters. The number of rotatable bonds is 12. The van der Waals surface area contributed by atoms with Crippen molar-refractivity contribution in [3.8, 4) is 0 Å². The van der Waals surface area contributed by atoms with Crippen molar-refractivity contribution in [2.75, 3.05) is 10.8 Å². The third kappa shape index (κ3) is 8.55. The number of amides is 2. The zero-order valence-corrected chi connectivity index (χ0v) is 29.0. The van der Waals surface area contributed by atoms with E-state index in [4.69, 9.17) is 0 Å². The maximum Gasteiger partial charge on any atom is 0.264 e. The van der Waals surface area contributed by atoms with Gasteiger partial charge in [0.25, 0.3) is 10.0 Å². The van der Waals surface area contributed by atoms with Crippen LogP contribution in [0.15, 0.2) is 114 Å².